The average molecular weight is 350 g/mol. The number of hydrogen-bond donors (Lipinski definition) is 2. The third-order valence-electron chi connectivity index (χ3n) is 3.84. The Labute approximate surface area is 136 Å². The molecule has 1 heterocycles. The molecule has 1 fully saturated rings. The summed E-state index contributed by atoms with van der Waals surface area (Å²) in [6.07, 6.45) is 1.79. The molecule has 2 rings (SSSR count). The van der Waals surface area contributed by atoms with Gasteiger partial charge in [-0.15, -0.1) is 12.4 Å². The van der Waals surface area contributed by atoms with Gasteiger partial charge in [0.25, 0.3) is 5.69 Å². The summed E-state index contributed by atoms with van der Waals surface area (Å²) in [7, 11) is -3.73. The number of nitro benzene ring substituents is 1. The zero-order chi connectivity index (χ0) is 15.5. The van der Waals surface area contributed by atoms with Crippen LogP contribution in [0, 0.1) is 15.5 Å². The van der Waals surface area contributed by atoms with Gasteiger partial charge in [0, 0.05) is 18.7 Å². The van der Waals surface area contributed by atoms with Gasteiger partial charge in [-0.05, 0) is 37.4 Å². The van der Waals surface area contributed by atoms with Gasteiger partial charge in [0.15, 0.2) is 0 Å². The Balaban J connectivity index is 0.00000242. The van der Waals surface area contributed by atoms with E-state index in [2.05, 4.69) is 10.0 Å². The Hall–Kier alpha value is -1.22. The van der Waals surface area contributed by atoms with Crippen molar-refractivity contribution in [3.05, 3.63) is 34.4 Å². The number of nitro groups is 1. The lowest BCUT2D eigenvalue weighted by Gasteiger charge is -2.34. The zero-order valence-corrected chi connectivity index (χ0v) is 13.9. The van der Waals surface area contributed by atoms with Crippen LogP contribution in [0.3, 0.4) is 0 Å². The van der Waals surface area contributed by atoms with Crippen LogP contribution in [0.25, 0.3) is 0 Å². The van der Waals surface area contributed by atoms with Crippen LogP contribution in [0.4, 0.5) is 5.69 Å². The largest absolute Gasteiger partial charge is 0.317 e. The normalized spacial score (nSPS) is 17.5. The van der Waals surface area contributed by atoms with E-state index in [4.69, 9.17) is 0 Å². The molecular weight excluding hydrogens is 330 g/mol. The van der Waals surface area contributed by atoms with E-state index in [0.717, 1.165) is 32.0 Å². The summed E-state index contributed by atoms with van der Waals surface area (Å²) in [5.41, 5.74) is -0.315. The number of sulfonamides is 1. The van der Waals surface area contributed by atoms with Crippen molar-refractivity contribution in [2.45, 2.75) is 24.7 Å². The van der Waals surface area contributed by atoms with Crippen LogP contribution in [-0.4, -0.2) is 33.0 Å². The fourth-order valence-corrected chi connectivity index (χ4v) is 3.56. The summed E-state index contributed by atoms with van der Waals surface area (Å²) < 4.78 is 27.1. The first-order chi connectivity index (χ1) is 9.82. The van der Waals surface area contributed by atoms with Crippen LogP contribution in [0.2, 0.25) is 0 Å². The molecule has 0 aromatic heterocycles. The van der Waals surface area contributed by atoms with Crippen LogP contribution < -0.4 is 10.0 Å². The van der Waals surface area contributed by atoms with Crippen LogP contribution >= 0.6 is 12.4 Å². The number of non-ortho nitro benzene ring substituents is 1. The second kappa shape index (κ2) is 7.36. The molecule has 22 heavy (non-hydrogen) atoms. The number of nitrogens with zero attached hydrogens (tertiary/aromatic N) is 1. The topological polar surface area (TPSA) is 101 Å². The molecule has 1 aliphatic rings. The first kappa shape index (κ1) is 18.8. The third kappa shape index (κ3) is 4.64. The Morgan fingerprint density at radius 2 is 2.00 bits per heavy atom. The van der Waals surface area contributed by atoms with Gasteiger partial charge in [-0.2, -0.15) is 0 Å². The average Bonchev–Trinajstić information content (AvgIpc) is 2.46. The summed E-state index contributed by atoms with van der Waals surface area (Å²) in [5, 5.41) is 14.0. The SMILES string of the molecule is CC1(CNS(=O)(=O)c2cccc([N+](=O)[O-])c2)CCNCC1.Cl. The molecular formula is C13H20ClN3O4S. The Bertz CT molecular complexity index is 630. The molecule has 0 aliphatic carbocycles. The molecule has 7 nitrogen and oxygen atoms in total. The lowest BCUT2D eigenvalue weighted by molar-refractivity contribution is -0.385. The first-order valence-electron chi connectivity index (χ1n) is 6.77. The van der Waals surface area contributed by atoms with Crippen molar-refractivity contribution < 1.29 is 13.3 Å². The molecule has 1 aliphatic heterocycles. The van der Waals surface area contributed by atoms with E-state index in [1.807, 2.05) is 6.92 Å². The maximum atomic E-state index is 12.2. The highest BCUT2D eigenvalue weighted by Gasteiger charge is 2.29. The van der Waals surface area contributed by atoms with Gasteiger partial charge in [0.05, 0.1) is 9.82 Å². The summed E-state index contributed by atoms with van der Waals surface area (Å²) in [4.78, 5) is 10.0. The van der Waals surface area contributed by atoms with Crippen molar-refractivity contribution in [2.24, 2.45) is 5.41 Å². The summed E-state index contributed by atoms with van der Waals surface area (Å²) >= 11 is 0. The van der Waals surface area contributed by atoms with Crippen LogP contribution in [-0.2, 0) is 10.0 Å². The van der Waals surface area contributed by atoms with Gasteiger partial charge in [0.2, 0.25) is 10.0 Å². The van der Waals surface area contributed by atoms with E-state index >= 15 is 0 Å². The number of rotatable bonds is 5. The third-order valence-corrected chi connectivity index (χ3v) is 5.24. The lowest BCUT2D eigenvalue weighted by atomic mass is 9.81. The molecule has 1 saturated heterocycles. The predicted octanol–water partition coefficient (Wildman–Crippen LogP) is 1.68. The van der Waals surface area contributed by atoms with E-state index in [1.165, 1.54) is 18.2 Å². The fourth-order valence-electron chi connectivity index (χ4n) is 2.32. The van der Waals surface area contributed by atoms with E-state index in [-0.39, 0.29) is 28.4 Å². The first-order valence-corrected chi connectivity index (χ1v) is 8.26. The monoisotopic (exact) mass is 349 g/mol. The molecule has 0 spiro atoms. The van der Waals surface area contributed by atoms with Gasteiger partial charge in [-0.25, -0.2) is 13.1 Å². The second-order valence-electron chi connectivity index (χ2n) is 5.64. The van der Waals surface area contributed by atoms with E-state index in [9.17, 15) is 18.5 Å². The van der Waals surface area contributed by atoms with E-state index in [0.29, 0.717) is 6.54 Å². The second-order valence-corrected chi connectivity index (χ2v) is 7.41. The van der Waals surface area contributed by atoms with Gasteiger partial charge >= 0.3 is 0 Å². The minimum Gasteiger partial charge on any atom is -0.317 e. The van der Waals surface area contributed by atoms with Crippen molar-refractivity contribution in [3.63, 3.8) is 0 Å². The van der Waals surface area contributed by atoms with Crippen LogP contribution in [0.5, 0.6) is 0 Å². The molecule has 1 aromatic rings. The smallest absolute Gasteiger partial charge is 0.270 e. The Morgan fingerprint density at radius 1 is 1.36 bits per heavy atom. The predicted molar refractivity (Wildman–Crippen MR) is 85.7 cm³/mol. The summed E-state index contributed by atoms with van der Waals surface area (Å²) in [6.45, 7) is 4.12. The zero-order valence-electron chi connectivity index (χ0n) is 12.2. The molecule has 0 amide bonds. The number of benzene rings is 1. The van der Waals surface area contributed by atoms with Crippen molar-refractivity contribution in [1.82, 2.24) is 10.0 Å². The van der Waals surface area contributed by atoms with E-state index < -0.39 is 14.9 Å². The molecule has 0 bridgehead atoms. The highest BCUT2D eigenvalue weighted by Crippen LogP contribution is 2.27. The van der Waals surface area contributed by atoms with Gasteiger partial charge in [-0.3, -0.25) is 10.1 Å². The Kier molecular flexibility index (Phi) is 6.30. The Morgan fingerprint density at radius 3 is 2.59 bits per heavy atom. The molecule has 0 atom stereocenters. The summed E-state index contributed by atoms with van der Waals surface area (Å²) in [5.74, 6) is 0. The maximum Gasteiger partial charge on any atom is 0.270 e. The quantitative estimate of drug-likeness (QED) is 0.622. The van der Waals surface area contributed by atoms with Crippen molar-refractivity contribution >= 4 is 28.1 Å². The summed E-state index contributed by atoms with van der Waals surface area (Å²) in [6, 6.07) is 5.08. The fraction of sp³-hybridized carbons (Fsp3) is 0.538. The minimum absolute atomic E-state index is 0. The van der Waals surface area contributed by atoms with Crippen molar-refractivity contribution in [1.29, 1.82) is 0 Å². The number of halogens is 1. The minimum atomic E-state index is -3.73. The number of hydrogen-bond acceptors (Lipinski definition) is 5. The molecule has 0 radical (unpaired) electrons. The molecule has 0 saturated carbocycles. The molecule has 0 unspecified atom stereocenters. The highest BCUT2D eigenvalue weighted by atomic mass is 35.5. The van der Waals surface area contributed by atoms with Crippen molar-refractivity contribution in [2.75, 3.05) is 19.6 Å². The maximum absolute atomic E-state index is 12.2. The van der Waals surface area contributed by atoms with Gasteiger partial charge in [0.1, 0.15) is 0 Å². The molecule has 2 N–H and O–H groups in total. The van der Waals surface area contributed by atoms with Gasteiger partial charge < -0.3 is 5.32 Å². The van der Waals surface area contributed by atoms with Crippen LogP contribution in [0.15, 0.2) is 29.2 Å². The van der Waals surface area contributed by atoms with Gasteiger partial charge in [-0.1, -0.05) is 13.0 Å². The standard InChI is InChI=1S/C13H19N3O4S.ClH/c1-13(5-7-14-8-6-13)10-15-21(19,20)12-4-2-3-11(9-12)16(17)18;/h2-4,9,14-15H,5-8,10H2,1H3;1H. The molecule has 1 aromatic carbocycles. The lowest BCUT2D eigenvalue weighted by Crippen LogP contribution is -2.42. The van der Waals surface area contributed by atoms with Crippen molar-refractivity contribution in [3.8, 4) is 0 Å². The highest BCUT2D eigenvalue weighted by molar-refractivity contribution is 7.89. The van der Waals surface area contributed by atoms with Crippen LogP contribution in [0.1, 0.15) is 19.8 Å². The number of nitrogens with one attached hydrogen (secondary N) is 2. The van der Waals surface area contributed by atoms with E-state index in [1.54, 1.807) is 0 Å². The number of piperidine rings is 1. The molecule has 124 valence electrons. The molecule has 9 heteroatoms.